The molecule has 0 bridgehead atoms. The smallest absolute Gasteiger partial charge is 0.225 e. The van der Waals surface area contributed by atoms with Crippen LogP contribution in [0.5, 0.6) is 0 Å². The van der Waals surface area contributed by atoms with Crippen LogP contribution >= 0.6 is 0 Å². The standard InChI is InChI=1S/C14H24N4O/c1-12-5-3-4-7-18(12)14-16-10-13(11-17-14)9-15-6-8-19-2/h10-12,15H,3-9H2,1-2H3. The molecule has 1 fully saturated rings. The van der Waals surface area contributed by atoms with Gasteiger partial charge in [-0.3, -0.25) is 0 Å². The van der Waals surface area contributed by atoms with Crippen LogP contribution in [0.1, 0.15) is 31.7 Å². The van der Waals surface area contributed by atoms with Gasteiger partial charge in [-0.15, -0.1) is 0 Å². The van der Waals surface area contributed by atoms with Gasteiger partial charge in [0.1, 0.15) is 0 Å². The lowest BCUT2D eigenvalue weighted by atomic mass is 10.0. The van der Waals surface area contributed by atoms with Crippen molar-refractivity contribution >= 4 is 5.95 Å². The van der Waals surface area contributed by atoms with Crippen molar-refractivity contribution in [1.29, 1.82) is 0 Å². The summed E-state index contributed by atoms with van der Waals surface area (Å²) in [5, 5.41) is 3.29. The summed E-state index contributed by atoms with van der Waals surface area (Å²) in [6, 6.07) is 0.555. The van der Waals surface area contributed by atoms with E-state index in [9.17, 15) is 0 Å². The molecule has 0 radical (unpaired) electrons. The topological polar surface area (TPSA) is 50.3 Å². The zero-order valence-electron chi connectivity index (χ0n) is 11.9. The Labute approximate surface area is 115 Å². The van der Waals surface area contributed by atoms with Crippen molar-refractivity contribution in [2.24, 2.45) is 0 Å². The van der Waals surface area contributed by atoms with E-state index in [2.05, 4.69) is 27.1 Å². The van der Waals surface area contributed by atoms with E-state index in [-0.39, 0.29) is 0 Å². The molecule has 19 heavy (non-hydrogen) atoms. The first-order valence-electron chi connectivity index (χ1n) is 7.08. The zero-order valence-corrected chi connectivity index (χ0v) is 11.9. The molecule has 2 heterocycles. The van der Waals surface area contributed by atoms with Crippen molar-refractivity contribution < 1.29 is 4.74 Å². The molecule has 0 spiro atoms. The molecule has 0 aliphatic carbocycles. The van der Waals surface area contributed by atoms with Crippen molar-refractivity contribution in [3.8, 4) is 0 Å². The number of nitrogens with zero attached hydrogens (tertiary/aromatic N) is 3. The van der Waals surface area contributed by atoms with E-state index in [1.165, 1.54) is 19.3 Å². The molecule has 2 rings (SSSR count). The zero-order chi connectivity index (χ0) is 13.5. The molecule has 1 aromatic rings. The lowest BCUT2D eigenvalue weighted by Crippen LogP contribution is -2.38. The van der Waals surface area contributed by atoms with Crippen molar-refractivity contribution in [3.05, 3.63) is 18.0 Å². The second kappa shape index (κ2) is 7.40. The summed E-state index contributed by atoms with van der Waals surface area (Å²) in [7, 11) is 1.71. The van der Waals surface area contributed by atoms with Gasteiger partial charge in [0.05, 0.1) is 6.61 Å². The Balaban J connectivity index is 1.87. The Morgan fingerprint density at radius 1 is 1.37 bits per heavy atom. The van der Waals surface area contributed by atoms with Crippen LogP contribution in [0.25, 0.3) is 0 Å². The Kier molecular flexibility index (Phi) is 5.54. The van der Waals surface area contributed by atoms with Crippen LogP contribution in [0.4, 0.5) is 5.95 Å². The first kappa shape index (κ1) is 14.2. The number of nitrogens with one attached hydrogen (secondary N) is 1. The third-order valence-electron chi connectivity index (χ3n) is 3.56. The predicted molar refractivity (Wildman–Crippen MR) is 76.3 cm³/mol. The van der Waals surface area contributed by atoms with Crippen molar-refractivity contribution in [3.63, 3.8) is 0 Å². The number of rotatable bonds is 6. The fourth-order valence-corrected chi connectivity index (χ4v) is 2.39. The molecule has 1 unspecified atom stereocenters. The van der Waals surface area contributed by atoms with Gasteiger partial charge in [0, 0.05) is 50.7 Å². The fourth-order valence-electron chi connectivity index (χ4n) is 2.39. The summed E-state index contributed by atoms with van der Waals surface area (Å²) in [6.07, 6.45) is 7.64. The SMILES string of the molecule is COCCNCc1cnc(N2CCCCC2C)nc1. The van der Waals surface area contributed by atoms with Crippen LogP contribution < -0.4 is 10.2 Å². The molecule has 0 amide bonds. The lowest BCUT2D eigenvalue weighted by Gasteiger charge is -2.33. The van der Waals surface area contributed by atoms with Crippen molar-refractivity contribution in [2.45, 2.75) is 38.8 Å². The maximum absolute atomic E-state index is 4.99. The molecule has 1 N–H and O–H groups in total. The van der Waals surface area contributed by atoms with Crippen molar-refractivity contribution in [1.82, 2.24) is 15.3 Å². The number of hydrogen-bond donors (Lipinski definition) is 1. The second-order valence-electron chi connectivity index (χ2n) is 5.10. The molecule has 106 valence electrons. The number of anilines is 1. The average Bonchev–Trinajstić information content (AvgIpc) is 2.45. The lowest BCUT2D eigenvalue weighted by molar-refractivity contribution is 0.199. The van der Waals surface area contributed by atoms with Crippen LogP contribution in [0.2, 0.25) is 0 Å². The predicted octanol–water partition coefficient (Wildman–Crippen LogP) is 1.59. The Bertz CT molecular complexity index is 368. The van der Waals surface area contributed by atoms with Gasteiger partial charge in [-0.25, -0.2) is 9.97 Å². The normalized spacial score (nSPS) is 19.7. The molecule has 5 heteroatoms. The molecular formula is C14H24N4O. The highest BCUT2D eigenvalue weighted by Gasteiger charge is 2.20. The minimum Gasteiger partial charge on any atom is -0.383 e. The number of methoxy groups -OCH3 is 1. The molecule has 1 aliphatic heterocycles. The summed E-state index contributed by atoms with van der Waals surface area (Å²) >= 11 is 0. The maximum atomic E-state index is 4.99. The van der Waals surface area contributed by atoms with E-state index >= 15 is 0 Å². The van der Waals surface area contributed by atoms with E-state index < -0.39 is 0 Å². The average molecular weight is 264 g/mol. The number of hydrogen-bond acceptors (Lipinski definition) is 5. The summed E-state index contributed by atoms with van der Waals surface area (Å²) in [6.45, 7) is 5.69. The third-order valence-corrected chi connectivity index (χ3v) is 3.56. The molecule has 1 saturated heterocycles. The van der Waals surface area contributed by atoms with Gasteiger partial charge in [0.15, 0.2) is 0 Å². The molecule has 1 aliphatic rings. The minimum atomic E-state index is 0.555. The van der Waals surface area contributed by atoms with Gasteiger partial charge in [-0.05, 0) is 26.2 Å². The largest absolute Gasteiger partial charge is 0.383 e. The monoisotopic (exact) mass is 264 g/mol. The molecular weight excluding hydrogens is 240 g/mol. The van der Waals surface area contributed by atoms with E-state index in [0.29, 0.717) is 6.04 Å². The van der Waals surface area contributed by atoms with Crippen LogP contribution in [-0.4, -0.2) is 42.8 Å². The number of piperidine rings is 1. The van der Waals surface area contributed by atoms with Gasteiger partial charge in [-0.1, -0.05) is 0 Å². The van der Waals surface area contributed by atoms with Crippen LogP contribution in [0, 0.1) is 0 Å². The van der Waals surface area contributed by atoms with Gasteiger partial charge < -0.3 is 15.0 Å². The van der Waals surface area contributed by atoms with Crippen LogP contribution in [0.15, 0.2) is 12.4 Å². The molecule has 1 aromatic heterocycles. The summed E-state index contributed by atoms with van der Waals surface area (Å²) in [5.74, 6) is 0.868. The van der Waals surface area contributed by atoms with Gasteiger partial charge in [0.25, 0.3) is 0 Å². The fraction of sp³-hybridized carbons (Fsp3) is 0.714. The quantitative estimate of drug-likeness (QED) is 0.791. The third kappa shape index (κ3) is 4.14. The number of aromatic nitrogens is 2. The summed E-state index contributed by atoms with van der Waals surface area (Å²) in [5.41, 5.74) is 1.12. The number of ether oxygens (including phenoxy) is 1. The molecule has 0 aromatic carbocycles. The minimum absolute atomic E-state index is 0.555. The molecule has 0 saturated carbocycles. The van der Waals surface area contributed by atoms with Gasteiger partial charge in [0.2, 0.25) is 5.95 Å². The highest BCUT2D eigenvalue weighted by atomic mass is 16.5. The van der Waals surface area contributed by atoms with Crippen LogP contribution in [0.3, 0.4) is 0 Å². The van der Waals surface area contributed by atoms with E-state index in [1.807, 2.05) is 12.4 Å². The molecule has 1 atom stereocenters. The summed E-state index contributed by atoms with van der Waals surface area (Å²) < 4.78 is 4.99. The Morgan fingerprint density at radius 2 is 2.16 bits per heavy atom. The van der Waals surface area contributed by atoms with E-state index in [4.69, 9.17) is 4.74 Å². The van der Waals surface area contributed by atoms with E-state index in [1.54, 1.807) is 7.11 Å². The first-order valence-corrected chi connectivity index (χ1v) is 7.08. The Hall–Kier alpha value is -1.20. The van der Waals surface area contributed by atoms with Gasteiger partial charge >= 0.3 is 0 Å². The summed E-state index contributed by atoms with van der Waals surface area (Å²) in [4.78, 5) is 11.3. The highest BCUT2D eigenvalue weighted by Crippen LogP contribution is 2.20. The maximum Gasteiger partial charge on any atom is 0.225 e. The van der Waals surface area contributed by atoms with Gasteiger partial charge in [-0.2, -0.15) is 0 Å². The Morgan fingerprint density at radius 3 is 2.84 bits per heavy atom. The highest BCUT2D eigenvalue weighted by molar-refractivity contribution is 5.32. The van der Waals surface area contributed by atoms with E-state index in [0.717, 1.165) is 37.8 Å². The first-order chi connectivity index (χ1) is 9.31. The van der Waals surface area contributed by atoms with Crippen molar-refractivity contribution in [2.75, 3.05) is 31.7 Å². The van der Waals surface area contributed by atoms with Crippen LogP contribution in [-0.2, 0) is 11.3 Å². The molecule has 5 nitrogen and oxygen atoms in total. The second-order valence-corrected chi connectivity index (χ2v) is 5.10.